The van der Waals surface area contributed by atoms with Gasteiger partial charge in [-0.15, -0.1) is 0 Å². The molecule has 148 valence electrons. The van der Waals surface area contributed by atoms with Crippen molar-refractivity contribution in [3.05, 3.63) is 59.7 Å². The molecule has 0 atom stereocenters. The first kappa shape index (κ1) is 19.1. The molecule has 0 radical (unpaired) electrons. The molecular formula is C23H25F2NO2. The number of likely N-dealkylation sites (tertiary alicyclic amines) is 1. The molecule has 0 aromatic heterocycles. The normalized spacial score (nSPS) is 19.0. The van der Waals surface area contributed by atoms with Gasteiger partial charge in [-0.25, -0.2) is 8.78 Å². The number of rotatable bonds is 4. The Labute approximate surface area is 164 Å². The first-order valence-electron chi connectivity index (χ1n) is 9.99. The Kier molecular flexibility index (Phi) is 5.44. The van der Waals surface area contributed by atoms with Gasteiger partial charge in [-0.05, 0) is 60.9 Å². The SMILES string of the molecule is O=C(N1CCCC1)C1(Cc2cccc(-c3ccc(F)c(F)c3)c2)CCOCC1. The van der Waals surface area contributed by atoms with E-state index in [9.17, 15) is 13.6 Å². The van der Waals surface area contributed by atoms with Gasteiger partial charge in [0.15, 0.2) is 11.6 Å². The van der Waals surface area contributed by atoms with Crippen LogP contribution in [0.1, 0.15) is 31.2 Å². The van der Waals surface area contributed by atoms with E-state index >= 15 is 0 Å². The van der Waals surface area contributed by atoms with E-state index in [1.807, 2.05) is 29.2 Å². The van der Waals surface area contributed by atoms with Crippen molar-refractivity contribution < 1.29 is 18.3 Å². The molecule has 2 aliphatic rings. The number of hydrogen-bond acceptors (Lipinski definition) is 2. The van der Waals surface area contributed by atoms with Crippen LogP contribution in [0.15, 0.2) is 42.5 Å². The van der Waals surface area contributed by atoms with Crippen LogP contribution in [-0.4, -0.2) is 37.1 Å². The second-order valence-corrected chi connectivity index (χ2v) is 7.90. The molecule has 0 bridgehead atoms. The van der Waals surface area contributed by atoms with Gasteiger partial charge in [-0.1, -0.05) is 30.3 Å². The van der Waals surface area contributed by atoms with Crippen molar-refractivity contribution in [3.8, 4) is 11.1 Å². The van der Waals surface area contributed by atoms with Crippen molar-refractivity contribution >= 4 is 5.91 Å². The van der Waals surface area contributed by atoms with Crippen LogP contribution >= 0.6 is 0 Å². The van der Waals surface area contributed by atoms with Gasteiger partial charge in [0.2, 0.25) is 5.91 Å². The lowest BCUT2D eigenvalue weighted by Crippen LogP contribution is -2.47. The van der Waals surface area contributed by atoms with Crippen molar-refractivity contribution in [2.24, 2.45) is 5.41 Å². The number of ether oxygens (including phenoxy) is 1. The summed E-state index contributed by atoms with van der Waals surface area (Å²) in [5, 5.41) is 0. The molecule has 4 rings (SSSR count). The maximum atomic E-state index is 13.6. The topological polar surface area (TPSA) is 29.5 Å². The quantitative estimate of drug-likeness (QED) is 0.770. The Balaban J connectivity index is 1.62. The maximum absolute atomic E-state index is 13.6. The first-order chi connectivity index (χ1) is 13.6. The number of carbonyl (C=O) groups is 1. The lowest BCUT2D eigenvalue weighted by Gasteiger charge is -2.39. The minimum Gasteiger partial charge on any atom is -0.381 e. The van der Waals surface area contributed by atoms with Gasteiger partial charge in [-0.2, -0.15) is 0 Å². The van der Waals surface area contributed by atoms with Crippen LogP contribution in [0.2, 0.25) is 0 Å². The minimum absolute atomic E-state index is 0.242. The highest BCUT2D eigenvalue weighted by Gasteiger charge is 2.43. The summed E-state index contributed by atoms with van der Waals surface area (Å²) in [6, 6.07) is 11.7. The van der Waals surface area contributed by atoms with E-state index in [2.05, 4.69) is 0 Å². The Morgan fingerprint density at radius 1 is 0.964 bits per heavy atom. The smallest absolute Gasteiger partial charge is 0.229 e. The molecule has 2 aromatic rings. The highest BCUT2D eigenvalue weighted by atomic mass is 19.2. The average Bonchev–Trinajstić information content (AvgIpc) is 3.25. The highest BCUT2D eigenvalue weighted by Crippen LogP contribution is 2.38. The zero-order chi connectivity index (χ0) is 19.6. The Bertz CT molecular complexity index is 855. The summed E-state index contributed by atoms with van der Waals surface area (Å²) < 4.78 is 32.4. The summed E-state index contributed by atoms with van der Waals surface area (Å²) in [5.41, 5.74) is 2.06. The average molecular weight is 385 g/mol. The minimum atomic E-state index is -0.854. The third kappa shape index (κ3) is 3.81. The fraction of sp³-hybridized carbons (Fsp3) is 0.435. The van der Waals surface area contributed by atoms with Crippen LogP contribution in [0.5, 0.6) is 0 Å². The maximum Gasteiger partial charge on any atom is 0.229 e. The van der Waals surface area contributed by atoms with Gasteiger partial charge < -0.3 is 9.64 Å². The van der Waals surface area contributed by atoms with Gasteiger partial charge in [0.05, 0.1) is 5.41 Å². The lowest BCUT2D eigenvalue weighted by molar-refractivity contribution is -0.146. The molecule has 2 aliphatic heterocycles. The van der Waals surface area contributed by atoms with Gasteiger partial charge in [0.25, 0.3) is 0 Å². The summed E-state index contributed by atoms with van der Waals surface area (Å²) in [6.45, 7) is 2.89. The molecule has 3 nitrogen and oxygen atoms in total. The molecular weight excluding hydrogens is 360 g/mol. The van der Waals surface area contributed by atoms with Crippen LogP contribution in [0.4, 0.5) is 8.78 Å². The number of amides is 1. The molecule has 2 heterocycles. The molecule has 0 aliphatic carbocycles. The second kappa shape index (κ2) is 8.00. The van der Waals surface area contributed by atoms with E-state index in [-0.39, 0.29) is 5.91 Å². The molecule has 2 aromatic carbocycles. The van der Waals surface area contributed by atoms with E-state index in [0.29, 0.717) is 25.2 Å². The van der Waals surface area contributed by atoms with E-state index in [1.165, 1.54) is 6.07 Å². The third-order valence-corrected chi connectivity index (χ3v) is 6.02. The summed E-state index contributed by atoms with van der Waals surface area (Å²) in [6.07, 6.45) is 4.23. The van der Waals surface area contributed by atoms with E-state index in [0.717, 1.165) is 56.0 Å². The zero-order valence-corrected chi connectivity index (χ0v) is 15.9. The highest BCUT2D eigenvalue weighted by molar-refractivity contribution is 5.83. The van der Waals surface area contributed by atoms with E-state index in [4.69, 9.17) is 4.74 Å². The largest absolute Gasteiger partial charge is 0.381 e. The van der Waals surface area contributed by atoms with Gasteiger partial charge in [0.1, 0.15) is 0 Å². The number of carbonyl (C=O) groups excluding carboxylic acids is 1. The standard InChI is InChI=1S/C23H25F2NO2/c24-20-7-6-19(15-21(20)25)18-5-3-4-17(14-18)16-23(8-12-28-13-9-23)22(27)26-10-1-2-11-26/h3-7,14-15H,1-2,8-13,16H2. The molecule has 0 N–H and O–H groups in total. The van der Waals surface area contributed by atoms with Gasteiger partial charge >= 0.3 is 0 Å². The fourth-order valence-electron chi connectivity index (χ4n) is 4.41. The van der Waals surface area contributed by atoms with Crippen molar-refractivity contribution in [1.82, 2.24) is 4.90 Å². The first-order valence-corrected chi connectivity index (χ1v) is 9.99. The summed E-state index contributed by atoms with van der Waals surface area (Å²) in [4.78, 5) is 15.3. The molecule has 0 unspecified atom stereocenters. The van der Waals surface area contributed by atoms with Crippen molar-refractivity contribution in [1.29, 1.82) is 0 Å². The molecule has 0 saturated carbocycles. The van der Waals surface area contributed by atoms with Crippen molar-refractivity contribution in [3.63, 3.8) is 0 Å². The number of nitrogens with zero attached hydrogens (tertiary/aromatic N) is 1. The van der Waals surface area contributed by atoms with Crippen LogP contribution in [0.3, 0.4) is 0 Å². The van der Waals surface area contributed by atoms with Crippen LogP contribution in [-0.2, 0) is 16.0 Å². The number of halogens is 2. The number of benzene rings is 2. The van der Waals surface area contributed by atoms with Crippen LogP contribution < -0.4 is 0 Å². The van der Waals surface area contributed by atoms with Crippen LogP contribution in [0.25, 0.3) is 11.1 Å². The van der Waals surface area contributed by atoms with Gasteiger partial charge in [-0.3, -0.25) is 4.79 Å². The predicted octanol–water partition coefficient (Wildman–Crippen LogP) is 4.59. The van der Waals surface area contributed by atoms with E-state index < -0.39 is 17.0 Å². The predicted molar refractivity (Wildman–Crippen MR) is 104 cm³/mol. The molecule has 2 saturated heterocycles. The van der Waals surface area contributed by atoms with Crippen molar-refractivity contribution in [2.75, 3.05) is 26.3 Å². The van der Waals surface area contributed by atoms with E-state index in [1.54, 1.807) is 6.07 Å². The molecule has 0 spiro atoms. The van der Waals surface area contributed by atoms with Crippen LogP contribution in [0, 0.1) is 17.0 Å². The Morgan fingerprint density at radius 3 is 2.39 bits per heavy atom. The molecule has 1 amide bonds. The third-order valence-electron chi connectivity index (χ3n) is 6.02. The summed E-state index contributed by atoms with van der Waals surface area (Å²) in [7, 11) is 0. The van der Waals surface area contributed by atoms with Gasteiger partial charge in [0, 0.05) is 26.3 Å². The molecule has 28 heavy (non-hydrogen) atoms. The molecule has 5 heteroatoms. The van der Waals surface area contributed by atoms with Crippen molar-refractivity contribution in [2.45, 2.75) is 32.1 Å². The second-order valence-electron chi connectivity index (χ2n) is 7.90. The molecule has 2 fully saturated rings. The lowest BCUT2D eigenvalue weighted by atomic mass is 9.73. The summed E-state index contributed by atoms with van der Waals surface area (Å²) in [5.74, 6) is -1.46. The summed E-state index contributed by atoms with van der Waals surface area (Å²) >= 11 is 0. The Morgan fingerprint density at radius 2 is 1.68 bits per heavy atom. The number of hydrogen-bond donors (Lipinski definition) is 0. The zero-order valence-electron chi connectivity index (χ0n) is 15.9. The fourth-order valence-corrected chi connectivity index (χ4v) is 4.41. The monoisotopic (exact) mass is 385 g/mol. The Hall–Kier alpha value is -2.27.